The van der Waals surface area contributed by atoms with E-state index in [2.05, 4.69) is 6.92 Å². The zero-order chi connectivity index (χ0) is 10.6. The maximum absolute atomic E-state index is 9.26. The number of aromatic hydroxyl groups is 2. The van der Waals surface area contributed by atoms with E-state index in [1.165, 1.54) is 6.07 Å². The number of phenolic OH excluding ortho intramolecular Hbond substituents is 2. The Morgan fingerprint density at radius 3 is 2.64 bits per heavy atom. The van der Waals surface area contributed by atoms with Gasteiger partial charge in [0.2, 0.25) is 0 Å². The average Bonchev–Trinajstić information content (AvgIpc) is 2.19. The number of nitrogens with two attached hydrogens (primary N) is 1. The van der Waals surface area contributed by atoms with Crippen molar-refractivity contribution in [1.82, 2.24) is 0 Å². The second kappa shape index (κ2) is 5.25. The van der Waals surface area contributed by atoms with Gasteiger partial charge < -0.3 is 0 Å². The molecular weight excluding hydrogens is 245 g/mol. The topological polar surface area (TPSA) is 66.5 Å². The van der Waals surface area contributed by atoms with Crippen molar-refractivity contribution in [3.8, 4) is 11.5 Å². The van der Waals surface area contributed by atoms with Crippen LogP contribution in [0, 0.1) is 5.92 Å². The molecule has 1 rings (SSSR count). The minimum absolute atomic E-state index is 0.0372. The molecule has 4 N–H and O–H groups in total. The fourth-order valence-electron chi connectivity index (χ4n) is 0.900. The average molecular weight is 260 g/mol. The SMILES string of the molecule is CC(CN)C[Se]c1ccc(O)c(O)c1. The number of benzene rings is 1. The van der Waals surface area contributed by atoms with Crippen LogP contribution in [0.3, 0.4) is 0 Å². The van der Waals surface area contributed by atoms with Gasteiger partial charge in [-0.15, -0.1) is 0 Å². The van der Waals surface area contributed by atoms with Crippen LogP contribution in [0.4, 0.5) is 0 Å². The van der Waals surface area contributed by atoms with Crippen LogP contribution in [0.5, 0.6) is 11.5 Å². The van der Waals surface area contributed by atoms with Gasteiger partial charge in [-0.25, -0.2) is 0 Å². The third-order valence-corrected chi connectivity index (χ3v) is 4.66. The number of hydrogen-bond acceptors (Lipinski definition) is 3. The first-order valence-corrected chi connectivity index (χ1v) is 6.55. The number of phenols is 2. The molecule has 4 heteroatoms. The summed E-state index contributed by atoms with van der Waals surface area (Å²) in [5.41, 5.74) is 5.51. The van der Waals surface area contributed by atoms with E-state index in [9.17, 15) is 5.11 Å². The third-order valence-electron chi connectivity index (χ3n) is 1.88. The van der Waals surface area contributed by atoms with Crippen molar-refractivity contribution in [3.63, 3.8) is 0 Å². The van der Waals surface area contributed by atoms with Crippen LogP contribution in [0.25, 0.3) is 0 Å². The molecule has 1 aromatic rings. The Bertz CT molecular complexity index is 304. The Balaban J connectivity index is 2.55. The first kappa shape index (κ1) is 11.4. The summed E-state index contributed by atoms with van der Waals surface area (Å²) in [4.78, 5) is 0. The van der Waals surface area contributed by atoms with Crippen LogP contribution >= 0.6 is 0 Å². The van der Waals surface area contributed by atoms with Crippen molar-refractivity contribution >= 4 is 19.4 Å². The predicted octanol–water partition coefficient (Wildman–Crippen LogP) is 0.440. The second-order valence-electron chi connectivity index (χ2n) is 3.30. The summed E-state index contributed by atoms with van der Waals surface area (Å²) in [6.45, 7) is 2.81. The molecule has 0 aromatic heterocycles. The molecule has 0 amide bonds. The van der Waals surface area contributed by atoms with E-state index in [-0.39, 0.29) is 11.5 Å². The van der Waals surface area contributed by atoms with Gasteiger partial charge in [-0.3, -0.25) is 0 Å². The van der Waals surface area contributed by atoms with E-state index in [1.54, 1.807) is 6.07 Å². The van der Waals surface area contributed by atoms with E-state index in [0.29, 0.717) is 27.4 Å². The standard InChI is InChI=1S/C10H15NO2Se/c1-7(5-11)6-14-8-2-3-9(12)10(13)4-8/h2-4,7,12-13H,5-6,11H2,1H3. The fourth-order valence-corrected chi connectivity index (χ4v) is 2.94. The van der Waals surface area contributed by atoms with Crippen molar-refractivity contribution in [2.24, 2.45) is 11.7 Å². The summed E-state index contributed by atoms with van der Waals surface area (Å²) in [6, 6.07) is 5.00. The summed E-state index contributed by atoms with van der Waals surface area (Å²) >= 11 is 0.323. The normalized spacial score (nSPS) is 12.7. The van der Waals surface area contributed by atoms with Gasteiger partial charge in [0.05, 0.1) is 0 Å². The molecule has 0 saturated carbocycles. The molecule has 14 heavy (non-hydrogen) atoms. The first-order chi connectivity index (χ1) is 6.63. The van der Waals surface area contributed by atoms with Crippen LogP contribution in [0.1, 0.15) is 6.92 Å². The number of rotatable bonds is 4. The van der Waals surface area contributed by atoms with Gasteiger partial charge >= 0.3 is 89.8 Å². The molecule has 0 saturated heterocycles. The summed E-state index contributed by atoms with van der Waals surface area (Å²) in [5.74, 6) is 0.423. The predicted molar refractivity (Wildman–Crippen MR) is 58.2 cm³/mol. The van der Waals surface area contributed by atoms with Crippen molar-refractivity contribution in [2.45, 2.75) is 12.2 Å². The fraction of sp³-hybridized carbons (Fsp3) is 0.400. The van der Waals surface area contributed by atoms with E-state index in [1.807, 2.05) is 6.07 Å². The van der Waals surface area contributed by atoms with E-state index in [0.717, 1.165) is 9.78 Å². The van der Waals surface area contributed by atoms with Gasteiger partial charge in [0.1, 0.15) is 0 Å². The van der Waals surface area contributed by atoms with E-state index in [4.69, 9.17) is 10.8 Å². The molecule has 1 aromatic carbocycles. The Labute approximate surface area is 90.1 Å². The quantitative estimate of drug-likeness (QED) is 0.543. The molecule has 1 atom stereocenters. The van der Waals surface area contributed by atoms with Gasteiger partial charge in [0.15, 0.2) is 0 Å². The molecule has 0 aliphatic heterocycles. The molecular formula is C10H15NO2Se. The molecule has 0 heterocycles. The minimum atomic E-state index is -0.0589. The Kier molecular flexibility index (Phi) is 4.26. The van der Waals surface area contributed by atoms with Gasteiger partial charge in [-0.05, 0) is 0 Å². The summed E-state index contributed by atoms with van der Waals surface area (Å²) in [5, 5.41) is 19.4. The second-order valence-corrected chi connectivity index (χ2v) is 5.60. The van der Waals surface area contributed by atoms with Crippen molar-refractivity contribution in [2.75, 3.05) is 6.54 Å². The van der Waals surface area contributed by atoms with Gasteiger partial charge in [-0.1, -0.05) is 0 Å². The van der Waals surface area contributed by atoms with Crippen LogP contribution in [0.15, 0.2) is 18.2 Å². The monoisotopic (exact) mass is 261 g/mol. The summed E-state index contributed by atoms with van der Waals surface area (Å²) < 4.78 is 1.09. The van der Waals surface area contributed by atoms with E-state index < -0.39 is 0 Å². The van der Waals surface area contributed by atoms with Gasteiger partial charge in [0, 0.05) is 0 Å². The molecule has 3 nitrogen and oxygen atoms in total. The molecule has 1 unspecified atom stereocenters. The first-order valence-electron chi connectivity index (χ1n) is 4.48. The Hall–Kier alpha value is -0.701. The van der Waals surface area contributed by atoms with Crippen molar-refractivity contribution in [1.29, 1.82) is 0 Å². The zero-order valence-electron chi connectivity index (χ0n) is 8.10. The Morgan fingerprint density at radius 1 is 1.36 bits per heavy atom. The van der Waals surface area contributed by atoms with Crippen LogP contribution < -0.4 is 10.2 Å². The molecule has 0 bridgehead atoms. The van der Waals surface area contributed by atoms with Crippen molar-refractivity contribution in [3.05, 3.63) is 18.2 Å². The molecule has 0 spiro atoms. The third kappa shape index (κ3) is 3.22. The molecule has 78 valence electrons. The molecule has 0 aliphatic rings. The molecule has 0 radical (unpaired) electrons. The van der Waals surface area contributed by atoms with Crippen LogP contribution in [0.2, 0.25) is 5.32 Å². The van der Waals surface area contributed by atoms with Gasteiger partial charge in [-0.2, -0.15) is 0 Å². The maximum atomic E-state index is 9.26. The van der Waals surface area contributed by atoms with Gasteiger partial charge in [0.25, 0.3) is 0 Å². The zero-order valence-corrected chi connectivity index (χ0v) is 9.82. The van der Waals surface area contributed by atoms with Crippen molar-refractivity contribution < 1.29 is 10.2 Å². The van der Waals surface area contributed by atoms with Crippen LogP contribution in [-0.4, -0.2) is 31.7 Å². The Morgan fingerprint density at radius 2 is 2.07 bits per heavy atom. The summed E-state index contributed by atoms with van der Waals surface area (Å²) in [7, 11) is 0. The summed E-state index contributed by atoms with van der Waals surface area (Å²) in [6.07, 6.45) is 0. The molecule has 0 fully saturated rings. The van der Waals surface area contributed by atoms with E-state index >= 15 is 0 Å². The number of hydrogen-bond donors (Lipinski definition) is 3. The molecule has 0 aliphatic carbocycles. The van der Waals surface area contributed by atoms with Crippen LogP contribution in [-0.2, 0) is 0 Å².